The summed E-state index contributed by atoms with van der Waals surface area (Å²) in [5.41, 5.74) is 6.81. The van der Waals surface area contributed by atoms with Crippen molar-refractivity contribution in [2.45, 2.75) is 18.8 Å². The van der Waals surface area contributed by atoms with E-state index in [2.05, 4.69) is 22.4 Å². The first-order valence-corrected chi connectivity index (χ1v) is 4.80. The van der Waals surface area contributed by atoms with Crippen LogP contribution in [0.5, 0.6) is 0 Å². The van der Waals surface area contributed by atoms with Crippen LogP contribution in [-0.4, -0.2) is 18.1 Å². The van der Waals surface area contributed by atoms with E-state index in [0.717, 1.165) is 18.3 Å². The van der Waals surface area contributed by atoms with Gasteiger partial charge in [0.2, 0.25) is 0 Å². The molecule has 0 spiro atoms. The molecule has 0 atom stereocenters. The first-order chi connectivity index (χ1) is 6.40. The van der Waals surface area contributed by atoms with Gasteiger partial charge in [0.15, 0.2) is 0 Å². The van der Waals surface area contributed by atoms with Crippen LogP contribution in [-0.2, 0) is 0 Å². The lowest BCUT2D eigenvalue weighted by molar-refractivity contribution is 1.01. The van der Waals surface area contributed by atoms with Crippen molar-refractivity contribution in [3.8, 4) is 0 Å². The third-order valence-corrected chi connectivity index (χ3v) is 2.28. The molecule has 0 bridgehead atoms. The van der Waals surface area contributed by atoms with Crippen molar-refractivity contribution in [1.29, 1.82) is 0 Å². The van der Waals surface area contributed by atoms with Crippen LogP contribution in [0.3, 0.4) is 0 Å². The number of pyridine rings is 1. The Labute approximate surface area is 78.4 Å². The summed E-state index contributed by atoms with van der Waals surface area (Å²) in [4.78, 5) is 4.22. The summed E-state index contributed by atoms with van der Waals surface area (Å²) in [6, 6.07) is 4.23. The molecule has 3 N–H and O–H groups in total. The van der Waals surface area contributed by atoms with Gasteiger partial charge in [0.1, 0.15) is 5.82 Å². The fourth-order valence-electron chi connectivity index (χ4n) is 1.41. The van der Waals surface area contributed by atoms with Gasteiger partial charge in [0.25, 0.3) is 0 Å². The fraction of sp³-hybridized carbons (Fsp3) is 0.500. The Morgan fingerprint density at radius 1 is 1.54 bits per heavy atom. The van der Waals surface area contributed by atoms with Crippen molar-refractivity contribution < 1.29 is 0 Å². The van der Waals surface area contributed by atoms with Crippen LogP contribution < -0.4 is 11.1 Å². The highest BCUT2D eigenvalue weighted by Crippen LogP contribution is 2.40. The lowest BCUT2D eigenvalue weighted by Gasteiger charge is -2.04. The summed E-state index contributed by atoms with van der Waals surface area (Å²) in [5.74, 6) is 1.75. The van der Waals surface area contributed by atoms with Gasteiger partial charge in [-0.2, -0.15) is 0 Å². The monoisotopic (exact) mass is 177 g/mol. The SMILES string of the molecule is NCCNc1cc(C2CC2)ccn1. The van der Waals surface area contributed by atoms with E-state index in [-0.39, 0.29) is 0 Å². The van der Waals surface area contributed by atoms with E-state index in [9.17, 15) is 0 Å². The second-order valence-corrected chi connectivity index (χ2v) is 3.46. The van der Waals surface area contributed by atoms with Gasteiger partial charge in [0, 0.05) is 19.3 Å². The third-order valence-electron chi connectivity index (χ3n) is 2.28. The number of nitrogens with one attached hydrogen (secondary N) is 1. The molecule has 1 aliphatic carbocycles. The van der Waals surface area contributed by atoms with E-state index < -0.39 is 0 Å². The zero-order chi connectivity index (χ0) is 9.10. The van der Waals surface area contributed by atoms with Gasteiger partial charge < -0.3 is 11.1 Å². The first kappa shape index (κ1) is 8.51. The number of aromatic nitrogens is 1. The normalized spacial score (nSPS) is 15.8. The molecule has 0 aromatic carbocycles. The Morgan fingerprint density at radius 2 is 2.38 bits per heavy atom. The second kappa shape index (κ2) is 3.75. The number of hydrogen-bond donors (Lipinski definition) is 2. The van der Waals surface area contributed by atoms with E-state index in [1.807, 2.05) is 6.20 Å². The van der Waals surface area contributed by atoms with Gasteiger partial charge in [0.05, 0.1) is 0 Å². The molecule has 1 fully saturated rings. The minimum atomic E-state index is 0.648. The smallest absolute Gasteiger partial charge is 0.126 e. The number of nitrogens with zero attached hydrogens (tertiary/aromatic N) is 1. The molecule has 1 heterocycles. The Morgan fingerprint density at radius 3 is 3.08 bits per heavy atom. The van der Waals surface area contributed by atoms with Gasteiger partial charge in [-0.1, -0.05) is 0 Å². The number of rotatable bonds is 4. The maximum Gasteiger partial charge on any atom is 0.126 e. The van der Waals surface area contributed by atoms with Crippen LogP contribution in [0.25, 0.3) is 0 Å². The third kappa shape index (κ3) is 2.18. The number of anilines is 1. The lowest BCUT2D eigenvalue weighted by atomic mass is 10.2. The average Bonchev–Trinajstić information content (AvgIpc) is 2.98. The molecule has 1 aliphatic rings. The maximum atomic E-state index is 5.40. The van der Waals surface area contributed by atoms with Gasteiger partial charge in [-0.3, -0.25) is 0 Å². The molecular formula is C10H15N3. The molecule has 0 radical (unpaired) electrons. The highest BCUT2D eigenvalue weighted by molar-refractivity contribution is 5.39. The van der Waals surface area contributed by atoms with Crippen molar-refractivity contribution in [1.82, 2.24) is 4.98 Å². The molecule has 1 aromatic rings. The molecule has 0 aliphatic heterocycles. The van der Waals surface area contributed by atoms with Crippen LogP contribution in [0.4, 0.5) is 5.82 Å². The molecule has 2 rings (SSSR count). The molecular weight excluding hydrogens is 162 g/mol. The quantitative estimate of drug-likeness (QED) is 0.729. The van der Waals surface area contributed by atoms with Crippen molar-refractivity contribution in [3.05, 3.63) is 23.9 Å². The Kier molecular flexibility index (Phi) is 2.45. The standard InChI is InChI=1S/C10H15N3/c11-4-6-13-10-7-9(3-5-12-10)8-1-2-8/h3,5,7-8H,1-2,4,6,11H2,(H,12,13). The zero-order valence-corrected chi connectivity index (χ0v) is 7.66. The van der Waals surface area contributed by atoms with Crippen LogP contribution >= 0.6 is 0 Å². The second-order valence-electron chi connectivity index (χ2n) is 3.46. The van der Waals surface area contributed by atoms with E-state index in [4.69, 9.17) is 5.73 Å². The molecule has 1 aromatic heterocycles. The highest BCUT2D eigenvalue weighted by Gasteiger charge is 2.23. The van der Waals surface area contributed by atoms with Gasteiger partial charge >= 0.3 is 0 Å². The van der Waals surface area contributed by atoms with Crippen molar-refractivity contribution >= 4 is 5.82 Å². The summed E-state index contributed by atoms with van der Waals surface area (Å²) in [6.07, 6.45) is 4.53. The van der Waals surface area contributed by atoms with Crippen molar-refractivity contribution in [3.63, 3.8) is 0 Å². The molecule has 3 heteroatoms. The Balaban J connectivity index is 2.03. The summed E-state index contributed by atoms with van der Waals surface area (Å²) >= 11 is 0. The number of nitrogens with two attached hydrogens (primary N) is 1. The van der Waals surface area contributed by atoms with Gasteiger partial charge in [-0.25, -0.2) is 4.98 Å². The topological polar surface area (TPSA) is 50.9 Å². The van der Waals surface area contributed by atoms with Crippen LogP contribution in [0, 0.1) is 0 Å². The van der Waals surface area contributed by atoms with E-state index in [0.29, 0.717) is 6.54 Å². The summed E-state index contributed by atoms with van der Waals surface area (Å²) in [5, 5.41) is 3.18. The molecule has 70 valence electrons. The molecule has 0 saturated heterocycles. The van der Waals surface area contributed by atoms with E-state index >= 15 is 0 Å². The van der Waals surface area contributed by atoms with Crippen molar-refractivity contribution in [2.24, 2.45) is 5.73 Å². The average molecular weight is 177 g/mol. The van der Waals surface area contributed by atoms with E-state index in [1.165, 1.54) is 18.4 Å². The summed E-state index contributed by atoms with van der Waals surface area (Å²) < 4.78 is 0. The highest BCUT2D eigenvalue weighted by atomic mass is 15.0. The van der Waals surface area contributed by atoms with Gasteiger partial charge in [-0.05, 0) is 36.5 Å². The molecule has 0 unspecified atom stereocenters. The first-order valence-electron chi connectivity index (χ1n) is 4.80. The van der Waals surface area contributed by atoms with E-state index in [1.54, 1.807) is 0 Å². The van der Waals surface area contributed by atoms with Crippen LogP contribution in [0.1, 0.15) is 24.3 Å². The van der Waals surface area contributed by atoms with Crippen LogP contribution in [0.15, 0.2) is 18.3 Å². The minimum Gasteiger partial charge on any atom is -0.369 e. The summed E-state index contributed by atoms with van der Waals surface area (Å²) in [7, 11) is 0. The Hall–Kier alpha value is -1.09. The molecule has 1 saturated carbocycles. The molecule has 13 heavy (non-hydrogen) atoms. The lowest BCUT2D eigenvalue weighted by Crippen LogP contribution is -2.13. The van der Waals surface area contributed by atoms with Gasteiger partial charge in [-0.15, -0.1) is 0 Å². The predicted octanol–water partition coefficient (Wildman–Crippen LogP) is 1.33. The Bertz CT molecular complexity index is 281. The zero-order valence-electron chi connectivity index (χ0n) is 7.66. The molecule has 0 amide bonds. The summed E-state index contributed by atoms with van der Waals surface area (Å²) in [6.45, 7) is 1.44. The number of hydrogen-bond acceptors (Lipinski definition) is 3. The van der Waals surface area contributed by atoms with Crippen molar-refractivity contribution in [2.75, 3.05) is 18.4 Å². The minimum absolute atomic E-state index is 0.648. The molecule has 3 nitrogen and oxygen atoms in total. The van der Waals surface area contributed by atoms with Crippen LogP contribution in [0.2, 0.25) is 0 Å². The predicted molar refractivity (Wildman–Crippen MR) is 53.8 cm³/mol. The largest absolute Gasteiger partial charge is 0.369 e. The fourth-order valence-corrected chi connectivity index (χ4v) is 1.41. The maximum absolute atomic E-state index is 5.40.